The molecule has 3 aromatic rings. The van der Waals surface area contributed by atoms with Gasteiger partial charge in [-0.25, -0.2) is 0 Å². The lowest BCUT2D eigenvalue weighted by Crippen LogP contribution is -1.93. The average molecular weight is 367 g/mol. The first-order chi connectivity index (χ1) is 13.9. The van der Waals surface area contributed by atoms with E-state index in [4.69, 9.17) is 0 Å². The zero-order valence-electron chi connectivity index (χ0n) is 17.0. The number of fused-ring (bicyclic) bond motifs is 1. The molecule has 0 heteroatoms. The Morgan fingerprint density at radius 3 is 1.93 bits per heavy atom. The van der Waals surface area contributed by atoms with E-state index in [2.05, 4.69) is 85.8 Å². The molecule has 142 valence electrons. The number of rotatable bonds is 8. The van der Waals surface area contributed by atoms with Gasteiger partial charge in [0.15, 0.2) is 0 Å². The fourth-order valence-electron chi connectivity index (χ4n) is 4.38. The van der Waals surface area contributed by atoms with Gasteiger partial charge in [-0.2, -0.15) is 0 Å². The number of allylic oxidation sites excluding steroid dienone is 1. The Balaban J connectivity index is 1.65. The maximum atomic E-state index is 2.49. The smallest absolute Gasteiger partial charge is 0.00514 e. The van der Waals surface area contributed by atoms with E-state index in [-0.39, 0.29) is 0 Å². The summed E-state index contributed by atoms with van der Waals surface area (Å²) in [5.41, 5.74) is 9.97. The number of hydrogen-bond acceptors (Lipinski definition) is 0. The van der Waals surface area contributed by atoms with E-state index in [1.54, 1.807) is 5.57 Å². The minimum Gasteiger partial charge on any atom is -0.0654 e. The molecular formula is C28H30. The number of benzene rings is 3. The predicted molar refractivity (Wildman–Crippen MR) is 122 cm³/mol. The summed E-state index contributed by atoms with van der Waals surface area (Å²) in [5, 5.41) is 0. The van der Waals surface area contributed by atoms with Gasteiger partial charge in [-0.15, -0.1) is 0 Å². The largest absolute Gasteiger partial charge is 0.0654 e. The van der Waals surface area contributed by atoms with E-state index in [1.807, 2.05) is 0 Å². The Kier molecular flexibility index (Phi) is 6.07. The lowest BCUT2D eigenvalue weighted by atomic mass is 9.90. The van der Waals surface area contributed by atoms with Gasteiger partial charge in [0.1, 0.15) is 0 Å². The van der Waals surface area contributed by atoms with Gasteiger partial charge >= 0.3 is 0 Å². The third-order valence-electron chi connectivity index (χ3n) is 5.88. The summed E-state index contributed by atoms with van der Waals surface area (Å²) in [6, 6.07) is 26.3. The van der Waals surface area contributed by atoms with Crippen LogP contribution in [0.25, 0.3) is 28.3 Å². The second-order valence-corrected chi connectivity index (χ2v) is 7.93. The molecule has 28 heavy (non-hydrogen) atoms. The van der Waals surface area contributed by atoms with Crippen molar-refractivity contribution in [1.29, 1.82) is 0 Å². The summed E-state index contributed by atoms with van der Waals surface area (Å²) < 4.78 is 0. The second kappa shape index (κ2) is 9.06. The predicted octanol–water partition coefficient (Wildman–Crippen LogP) is 8.32. The Bertz CT molecular complexity index is 933. The van der Waals surface area contributed by atoms with E-state index in [1.165, 1.54) is 71.9 Å². The molecule has 0 aromatic heterocycles. The van der Waals surface area contributed by atoms with Crippen molar-refractivity contribution in [2.75, 3.05) is 0 Å². The fourth-order valence-corrected chi connectivity index (χ4v) is 4.38. The molecule has 0 saturated carbocycles. The molecule has 1 aliphatic rings. The highest BCUT2D eigenvalue weighted by Crippen LogP contribution is 2.41. The Morgan fingerprint density at radius 2 is 1.25 bits per heavy atom. The van der Waals surface area contributed by atoms with Gasteiger partial charge in [0.25, 0.3) is 0 Å². The van der Waals surface area contributed by atoms with Crippen LogP contribution in [0, 0.1) is 0 Å². The van der Waals surface area contributed by atoms with E-state index in [0.717, 1.165) is 6.42 Å². The summed E-state index contributed by atoms with van der Waals surface area (Å²) >= 11 is 0. The minimum absolute atomic E-state index is 1.11. The third kappa shape index (κ3) is 4.12. The molecule has 0 heterocycles. The lowest BCUT2D eigenvalue weighted by molar-refractivity contribution is 0.629. The topological polar surface area (TPSA) is 0 Å². The number of unbranched alkanes of at least 4 members (excludes halogenated alkanes) is 4. The van der Waals surface area contributed by atoms with Crippen molar-refractivity contribution >= 4 is 6.08 Å². The second-order valence-electron chi connectivity index (χ2n) is 7.93. The molecule has 4 rings (SSSR count). The van der Waals surface area contributed by atoms with Crippen LogP contribution in [0.5, 0.6) is 0 Å². The van der Waals surface area contributed by atoms with Crippen LogP contribution in [-0.4, -0.2) is 0 Å². The zero-order chi connectivity index (χ0) is 19.2. The first-order valence-corrected chi connectivity index (χ1v) is 10.8. The lowest BCUT2D eigenvalue weighted by Gasteiger charge is -2.14. The van der Waals surface area contributed by atoms with Gasteiger partial charge < -0.3 is 0 Å². The van der Waals surface area contributed by atoms with E-state index >= 15 is 0 Å². The Hall–Kier alpha value is -2.60. The van der Waals surface area contributed by atoms with E-state index in [0.29, 0.717) is 0 Å². The van der Waals surface area contributed by atoms with Crippen LogP contribution in [0.4, 0.5) is 0 Å². The molecule has 0 radical (unpaired) electrons. The van der Waals surface area contributed by atoms with Crippen molar-refractivity contribution in [1.82, 2.24) is 0 Å². The highest BCUT2D eigenvalue weighted by Gasteiger charge is 2.20. The van der Waals surface area contributed by atoms with Crippen LogP contribution in [0.1, 0.15) is 56.6 Å². The van der Waals surface area contributed by atoms with Crippen molar-refractivity contribution in [2.45, 2.75) is 51.9 Å². The van der Waals surface area contributed by atoms with Crippen LogP contribution in [0.3, 0.4) is 0 Å². The molecule has 0 N–H and O–H groups in total. The summed E-state index contributed by atoms with van der Waals surface area (Å²) in [6.07, 6.45) is 11.6. The van der Waals surface area contributed by atoms with Crippen molar-refractivity contribution < 1.29 is 0 Å². The van der Waals surface area contributed by atoms with Crippen molar-refractivity contribution in [3.63, 3.8) is 0 Å². The van der Waals surface area contributed by atoms with Crippen LogP contribution >= 0.6 is 0 Å². The van der Waals surface area contributed by atoms with Crippen molar-refractivity contribution in [3.05, 3.63) is 89.5 Å². The quantitative estimate of drug-likeness (QED) is 0.351. The zero-order valence-corrected chi connectivity index (χ0v) is 17.0. The molecule has 0 bridgehead atoms. The molecule has 0 unspecified atom stereocenters. The van der Waals surface area contributed by atoms with Gasteiger partial charge in [-0.3, -0.25) is 0 Å². The molecular weight excluding hydrogens is 336 g/mol. The minimum atomic E-state index is 1.11. The number of hydrogen-bond donors (Lipinski definition) is 0. The maximum Gasteiger partial charge on any atom is -0.00514 e. The van der Waals surface area contributed by atoms with Gasteiger partial charge in [0.2, 0.25) is 0 Å². The SMILES string of the molecule is CCCCCCCC1=Cc2c(-c3ccccc3)ccc(-c3ccccc3)c2C1. The molecule has 0 saturated heterocycles. The van der Waals surface area contributed by atoms with Gasteiger partial charge in [0.05, 0.1) is 0 Å². The standard InChI is InChI=1S/C28H30/c1-2-3-4-5-8-13-22-20-27-25(23-14-9-6-10-15-23)18-19-26(28(27)21-22)24-16-11-7-12-17-24/h6-7,9-12,14-20H,2-5,8,13,21H2,1H3. The highest BCUT2D eigenvalue weighted by atomic mass is 14.2. The Labute approximate surface area is 169 Å². The first kappa shape index (κ1) is 18.7. The Morgan fingerprint density at radius 1 is 0.643 bits per heavy atom. The molecule has 0 spiro atoms. The van der Waals surface area contributed by atoms with Crippen LogP contribution in [0.2, 0.25) is 0 Å². The fraction of sp³-hybridized carbons (Fsp3) is 0.286. The first-order valence-electron chi connectivity index (χ1n) is 10.8. The normalized spacial score (nSPS) is 12.7. The molecule has 3 aromatic carbocycles. The monoisotopic (exact) mass is 366 g/mol. The summed E-state index contributed by atoms with van der Waals surface area (Å²) in [4.78, 5) is 0. The van der Waals surface area contributed by atoms with Crippen LogP contribution in [-0.2, 0) is 6.42 Å². The van der Waals surface area contributed by atoms with E-state index < -0.39 is 0 Å². The molecule has 0 nitrogen and oxygen atoms in total. The van der Waals surface area contributed by atoms with Crippen molar-refractivity contribution in [2.24, 2.45) is 0 Å². The van der Waals surface area contributed by atoms with Gasteiger partial charge in [-0.1, -0.05) is 117 Å². The molecule has 0 fully saturated rings. The van der Waals surface area contributed by atoms with Crippen LogP contribution < -0.4 is 0 Å². The van der Waals surface area contributed by atoms with Crippen molar-refractivity contribution in [3.8, 4) is 22.3 Å². The molecule has 1 aliphatic carbocycles. The summed E-state index contributed by atoms with van der Waals surface area (Å²) in [5.74, 6) is 0. The molecule has 0 aliphatic heterocycles. The maximum absolute atomic E-state index is 2.49. The van der Waals surface area contributed by atoms with E-state index in [9.17, 15) is 0 Å². The molecule has 0 atom stereocenters. The molecule has 0 amide bonds. The van der Waals surface area contributed by atoms with Gasteiger partial charge in [-0.05, 0) is 52.6 Å². The van der Waals surface area contributed by atoms with Gasteiger partial charge in [0, 0.05) is 0 Å². The highest BCUT2D eigenvalue weighted by molar-refractivity contribution is 5.86. The third-order valence-corrected chi connectivity index (χ3v) is 5.88. The summed E-state index contributed by atoms with van der Waals surface area (Å²) in [7, 11) is 0. The summed E-state index contributed by atoms with van der Waals surface area (Å²) in [6.45, 7) is 2.28. The average Bonchev–Trinajstić information content (AvgIpc) is 3.18. The van der Waals surface area contributed by atoms with Crippen LogP contribution in [0.15, 0.2) is 78.4 Å².